The molecule has 104 valence electrons. The molecule has 0 unspecified atom stereocenters. The summed E-state index contributed by atoms with van der Waals surface area (Å²) in [5, 5.41) is 0. The quantitative estimate of drug-likeness (QED) is 0.751. The third-order valence-corrected chi connectivity index (χ3v) is 2.89. The molecule has 0 fully saturated rings. The highest BCUT2D eigenvalue weighted by Gasteiger charge is 2.08. The first-order valence-electron chi connectivity index (χ1n) is 6.84. The van der Waals surface area contributed by atoms with Crippen LogP contribution in [0.5, 0.6) is 5.75 Å². The lowest BCUT2D eigenvalue weighted by Gasteiger charge is -2.10. The predicted octanol–water partition coefficient (Wildman–Crippen LogP) is 3.68. The Bertz CT molecular complexity index is 564. The first kappa shape index (κ1) is 14.3. The fourth-order valence-electron chi connectivity index (χ4n) is 1.95. The maximum Gasteiger partial charge on any atom is 0.164 e. The van der Waals surface area contributed by atoms with Gasteiger partial charge in [-0.3, -0.25) is 9.78 Å². The van der Waals surface area contributed by atoms with Gasteiger partial charge in [-0.25, -0.2) is 0 Å². The third kappa shape index (κ3) is 4.19. The number of aryl methyl sites for hydroxylation is 1. The molecule has 1 aromatic carbocycles. The molecule has 0 aliphatic heterocycles. The first-order valence-corrected chi connectivity index (χ1v) is 6.84. The van der Waals surface area contributed by atoms with Crippen molar-refractivity contribution in [1.29, 1.82) is 0 Å². The minimum absolute atomic E-state index is 0.0754. The number of carbonyl (C=O) groups is 1. The number of nitrogens with zero attached hydrogens (tertiary/aromatic N) is 1. The van der Waals surface area contributed by atoms with E-state index in [1.165, 1.54) is 5.56 Å². The van der Waals surface area contributed by atoms with Crippen LogP contribution in [-0.4, -0.2) is 16.9 Å². The molecular formula is C17H19NO2. The molecule has 1 heterocycles. The summed E-state index contributed by atoms with van der Waals surface area (Å²) < 4.78 is 5.55. The normalized spacial score (nSPS) is 10.6. The highest BCUT2D eigenvalue weighted by atomic mass is 16.5. The van der Waals surface area contributed by atoms with Gasteiger partial charge in [-0.05, 0) is 31.9 Å². The lowest BCUT2D eigenvalue weighted by atomic mass is 10.0. The predicted molar refractivity (Wildman–Crippen MR) is 79.1 cm³/mol. The SMILES string of the molecule is CC(C)Oc1cncc(C(=O)CCc2ccccc2)c1. The maximum atomic E-state index is 12.2. The van der Waals surface area contributed by atoms with Crippen molar-refractivity contribution in [1.82, 2.24) is 4.98 Å². The van der Waals surface area contributed by atoms with Gasteiger partial charge in [0, 0.05) is 18.2 Å². The molecular weight excluding hydrogens is 250 g/mol. The Balaban J connectivity index is 1.98. The van der Waals surface area contributed by atoms with Gasteiger partial charge in [-0.15, -0.1) is 0 Å². The van der Waals surface area contributed by atoms with Gasteiger partial charge in [0.25, 0.3) is 0 Å². The van der Waals surface area contributed by atoms with Crippen LogP contribution in [-0.2, 0) is 6.42 Å². The lowest BCUT2D eigenvalue weighted by Crippen LogP contribution is -2.07. The zero-order chi connectivity index (χ0) is 14.4. The van der Waals surface area contributed by atoms with Crippen molar-refractivity contribution in [3.63, 3.8) is 0 Å². The lowest BCUT2D eigenvalue weighted by molar-refractivity contribution is 0.0981. The molecule has 0 saturated heterocycles. The molecule has 0 N–H and O–H groups in total. The van der Waals surface area contributed by atoms with E-state index in [4.69, 9.17) is 4.74 Å². The van der Waals surface area contributed by atoms with Gasteiger partial charge >= 0.3 is 0 Å². The van der Waals surface area contributed by atoms with Gasteiger partial charge in [0.1, 0.15) is 5.75 Å². The van der Waals surface area contributed by atoms with E-state index in [9.17, 15) is 4.79 Å². The minimum atomic E-state index is 0.0754. The molecule has 2 aromatic rings. The maximum absolute atomic E-state index is 12.2. The second kappa shape index (κ2) is 6.85. The molecule has 0 saturated carbocycles. The molecule has 0 amide bonds. The van der Waals surface area contributed by atoms with E-state index < -0.39 is 0 Å². The Hall–Kier alpha value is -2.16. The summed E-state index contributed by atoms with van der Waals surface area (Å²) in [6, 6.07) is 11.8. The summed E-state index contributed by atoms with van der Waals surface area (Å²) in [4.78, 5) is 16.2. The van der Waals surface area contributed by atoms with E-state index in [2.05, 4.69) is 4.98 Å². The first-order chi connectivity index (χ1) is 9.65. The average Bonchev–Trinajstić information content (AvgIpc) is 2.45. The smallest absolute Gasteiger partial charge is 0.164 e. The Morgan fingerprint density at radius 3 is 2.65 bits per heavy atom. The third-order valence-electron chi connectivity index (χ3n) is 2.89. The second-order valence-corrected chi connectivity index (χ2v) is 4.98. The molecule has 20 heavy (non-hydrogen) atoms. The molecule has 0 radical (unpaired) electrons. The van der Waals surface area contributed by atoms with E-state index >= 15 is 0 Å². The number of rotatable bonds is 6. The zero-order valence-corrected chi connectivity index (χ0v) is 11.9. The van der Waals surface area contributed by atoms with Crippen molar-refractivity contribution in [2.45, 2.75) is 32.8 Å². The number of aromatic nitrogens is 1. The van der Waals surface area contributed by atoms with Crippen molar-refractivity contribution in [3.05, 3.63) is 59.9 Å². The number of ether oxygens (including phenoxy) is 1. The number of hydrogen-bond donors (Lipinski definition) is 0. The van der Waals surface area contributed by atoms with E-state index in [1.807, 2.05) is 44.2 Å². The minimum Gasteiger partial charge on any atom is -0.489 e. The van der Waals surface area contributed by atoms with Crippen LogP contribution in [0.1, 0.15) is 36.2 Å². The molecule has 0 bridgehead atoms. The average molecular weight is 269 g/mol. The number of hydrogen-bond acceptors (Lipinski definition) is 3. The van der Waals surface area contributed by atoms with Gasteiger partial charge in [-0.2, -0.15) is 0 Å². The van der Waals surface area contributed by atoms with E-state index in [1.54, 1.807) is 18.5 Å². The van der Waals surface area contributed by atoms with Crippen molar-refractivity contribution in [2.24, 2.45) is 0 Å². The number of pyridine rings is 1. The Labute approximate surface area is 119 Å². The van der Waals surface area contributed by atoms with Crippen LogP contribution in [0.3, 0.4) is 0 Å². The summed E-state index contributed by atoms with van der Waals surface area (Å²) in [7, 11) is 0. The number of carbonyl (C=O) groups excluding carboxylic acids is 1. The molecule has 0 aliphatic carbocycles. The molecule has 0 aliphatic rings. The second-order valence-electron chi connectivity index (χ2n) is 4.98. The number of ketones is 1. The van der Waals surface area contributed by atoms with Crippen LogP contribution in [0.15, 0.2) is 48.8 Å². The van der Waals surface area contributed by atoms with Gasteiger partial charge in [0.15, 0.2) is 5.78 Å². The van der Waals surface area contributed by atoms with Gasteiger partial charge < -0.3 is 4.74 Å². The van der Waals surface area contributed by atoms with Crippen molar-refractivity contribution in [2.75, 3.05) is 0 Å². The highest BCUT2D eigenvalue weighted by Crippen LogP contribution is 2.15. The fourth-order valence-corrected chi connectivity index (χ4v) is 1.95. The Kier molecular flexibility index (Phi) is 4.88. The Morgan fingerprint density at radius 2 is 1.95 bits per heavy atom. The molecule has 3 heteroatoms. The van der Waals surface area contributed by atoms with Gasteiger partial charge in [-0.1, -0.05) is 30.3 Å². The Morgan fingerprint density at radius 1 is 1.20 bits per heavy atom. The standard InChI is InChI=1S/C17H19NO2/c1-13(2)20-16-10-15(11-18-12-16)17(19)9-8-14-6-4-3-5-7-14/h3-7,10-13H,8-9H2,1-2H3. The van der Waals surface area contributed by atoms with Gasteiger partial charge in [0.05, 0.1) is 12.3 Å². The highest BCUT2D eigenvalue weighted by molar-refractivity contribution is 5.96. The topological polar surface area (TPSA) is 39.2 Å². The van der Waals surface area contributed by atoms with Crippen molar-refractivity contribution < 1.29 is 9.53 Å². The summed E-state index contributed by atoms with van der Waals surface area (Å²) in [5.41, 5.74) is 1.78. The summed E-state index contributed by atoms with van der Waals surface area (Å²) in [6.45, 7) is 3.90. The summed E-state index contributed by atoms with van der Waals surface area (Å²) in [6.07, 6.45) is 4.53. The largest absolute Gasteiger partial charge is 0.489 e. The monoisotopic (exact) mass is 269 g/mol. The van der Waals surface area contributed by atoms with E-state index in [0.29, 0.717) is 17.7 Å². The van der Waals surface area contributed by atoms with Crippen molar-refractivity contribution >= 4 is 5.78 Å². The van der Waals surface area contributed by atoms with Crippen molar-refractivity contribution in [3.8, 4) is 5.75 Å². The number of Topliss-reactive ketones (excluding diaryl/α,β-unsaturated/α-hetero) is 1. The van der Waals surface area contributed by atoms with Crippen LogP contribution >= 0.6 is 0 Å². The summed E-state index contributed by atoms with van der Waals surface area (Å²) in [5.74, 6) is 0.737. The van der Waals surface area contributed by atoms with Crippen LogP contribution in [0.4, 0.5) is 0 Å². The van der Waals surface area contributed by atoms with E-state index in [0.717, 1.165) is 6.42 Å². The van der Waals surface area contributed by atoms with Crippen LogP contribution < -0.4 is 4.74 Å². The summed E-state index contributed by atoms with van der Waals surface area (Å²) >= 11 is 0. The molecule has 2 rings (SSSR count). The zero-order valence-electron chi connectivity index (χ0n) is 11.9. The van der Waals surface area contributed by atoms with Gasteiger partial charge in [0.2, 0.25) is 0 Å². The number of benzene rings is 1. The van der Waals surface area contributed by atoms with Crippen LogP contribution in [0.2, 0.25) is 0 Å². The molecule has 1 aromatic heterocycles. The van der Waals surface area contributed by atoms with Crippen LogP contribution in [0.25, 0.3) is 0 Å². The molecule has 0 spiro atoms. The van der Waals surface area contributed by atoms with E-state index in [-0.39, 0.29) is 11.9 Å². The molecule has 0 atom stereocenters. The fraction of sp³-hybridized carbons (Fsp3) is 0.294. The van der Waals surface area contributed by atoms with Crippen LogP contribution in [0, 0.1) is 0 Å². The molecule has 3 nitrogen and oxygen atoms in total.